The van der Waals surface area contributed by atoms with Crippen molar-refractivity contribution in [1.82, 2.24) is 0 Å². The summed E-state index contributed by atoms with van der Waals surface area (Å²) in [4.78, 5) is 0. The molecule has 0 heterocycles. The predicted molar refractivity (Wildman–Crippen MR) is 208 cm³/mol. The largest absolute Gasteiger partial charge is 0.490 e. The zero-order chi connectivity index (χ0) is 34.6. The third-order valence-corrected chi connectivity index (χ3v) is 9.62. The van der Waals surface area contributed by atoms with Gasteiger partial charge in [0.15, 0.2) is 11.5 Å². The molecule has 278 valence electrons. The lowest BCUT2D eigenvalue weighted by Crippen LogP contribution is -2.07. The Labute approximate surface area is 299 Å². The highest BCUT2D eigenvalue weighted by Crippen LogP contribution is 2.40. The van der Waals surface area contributed by atoms with E-state index in [2.05, 4.69) is 26.8 Å². The molecule has 4 nitrogen and oxygen atoms in total. The Balaban J connectivity index is 2.60. The first-order valence-electron chi connectivity index (χ1n) is 21.2. The Kier molecular flexibility index (Phi) is 32.1. The Hall–Kier alpha value is -1.89. The zero-order valence-corrected chi connectivity index (χ0v) is 32.4. The van der Waals surface area contributed by atoms with E-state index in [1.54, 1.807) is 0 Å². The van der Waals surface area contributed by atoms with Crippen LogP contribution in [0.15, 0.2) is 12.1 Å². The molecule has 0 N–H and O–H groups in total. The molecule has 0 bridgehead atoms. The Morgan fingerprint density at radius 3 is 0.958 bits per heavy atom. The minimum Gasteiger partial charge on any atom is -0.490 e. The quantitative estimate of drug-likeness (QED) is 0.0662. The van der Waals surface area contributed by atoms with E-state index in [4.69, 9.17) is 14.2 Å². The zero-order valence-electron chi connectivity index (χ0n) is 32.4. The van der Waals surface area contributed by atoms with Crippen LogP contribution in [0.4, 0.5) is 0 Å². The summed E-state index contributed by atoms with van der Waals surface area (Å²) in [6, 6.07) is 6.35. The van der Waals surface area contributed by atoms with Crippen molar-refractivity contribution in [2.45, 2.75) is 220 Å². The van der Waals surface area contributed by atoms with Crippen LogP contribution in [0.5, 0.6) is 17.2 Å². The summed E-state index contributed by atoms with van der Waals surface area (Å²) in [7, 11) is 0. The normalized spacial score (nSPS) is 11.1. The van der Waals surface area contributed by atoms with Gasteiger partial charge in [0.2, 0.25) is 5.75 Å². The minimum atomic E-state index is 0.349. The third kappa shape index (κ3) is 26.0. The number of nitrogens with zero attached hydrogens (tertiary/aromatic N) is 1. The third-order valence-electron chi connectivity index (χ3n) is 9.62. The molecule has 0 amide bonds. The van der Waals surface area contributed by atoms with Gasteiger partial charge >= 0.3 is 0 Å². The van der Waals surface area contributed by atoms with Crippen molar-refractivity contribution in [3.63, 3.8) is 0 Å². The predicted octanol–water partition coefficient (Wildman–Crippen LogP) is 14.7. The van der Waals surface area contributed by atoms with Crippen molar-refractivity contribution in [3.05, 3.63) is 17.7 Å². The maximum atomic E-state index is 9.48. The number of hydrogen-bond donors (Lipinski definition) is 0. The first-order chi connectivity index (χ1) is 23.8. The van der Waals surface area contributed by atoms with Gasteiger partial charge in [-0.3, -0.25) is 0 Å². The van der Waals surface area contributed by atoms with Gasteiger partial charge in [0, 0.05) is 0 Å². The van der Waals surface area contributed by atoms with Gasteiger partial charge in [0.05, 0.1) is 32.3 Å². The topological polar surface area (TPSA) is 51.5 Å². The average molecular weight is 670 g/mol. The molecule has 1 rings (SSSR count). The second kappa shape index (κ2) is 35.0. The van der Waals surface area contributed by atoms with Crippen molar-refractivity contribution < 1.29 is 14.2 Å². The first kappa shape index (κ1) is 44.1. The summed E-state index contributed by atoms with van der Waals surface area (Å²) in [6.07, 6.45) is 39.6. The van der Waals surface area contributed by atoms with Gasteiger partial charge in [-0.1, -0.05) is 194 Å². The highest BCUT2D eigenvalue weighted by Gasteiger charge is 2.16. The number of ether oxygens (including phenoxy) is 3. The van der Waals surface area contributed by atoms with E-state index < -0.39 is 0 Å². The number of benzene rings is 1. The fourth-order valence-electron chi connectivity index (χ4n) is 6.49. The van der Waals surface area contributed by atoms with Crippen LogP contribution in [0, 0.1) is 11.3 Å². The molecule has 0 saturated carbocycles. The Morgan fingerprint density at radius 2 is 0.667 bits per heavy atom. The van der Waals surface area contributed by atoms with E-state index in [-0.39, 0.29) is 0 Å². The number of nitriles is 1. The SMILES string of the molecule is CCCCCCCCCCCCOc1cc(CC#N)cc(OCCCCCCCCCCCC)c1OCCCCCCCCCCCC. The lowest BCUT2D eigenvalue weighted by Gasteiger charge is -2.18. The van der Waals surface area contributed by atoms with Crippen molar-refractivity contribution in [1.29, 1.82) is 5.26 Å². The van der Waals surface area contributed by atoms with Gasteiger partial charge in [-0.25, -0.2) is 0 Å². The van der Waals surface area contributed by atoms with Gasteiger partial charge in [0.1, 0.15) is 0 Å². The number of hydrogen-bond acceptors (Lipinski definition) is 4. The maximum absolute atomic E-state index is 9.48. The molecule has 0 fully saturated rings. The van der Waals surface area contributed by atoms with Crippen LogP contribution < -0.4 is 14.2 Å². The smallest absolute Gasteiger partial charge is 0.203 e. The molecule has 0 aliphatic rings. The highest BCUT2D eigenvalue weighted by molar-refractivity contribution is 5.54. The van der Waals surface area contributed by atoms with Crippen LogP contribution in [-0.4, -0.2) is 19.8 Å². The second-order valence-corrected chi connectivity index (χ2v) is 14.3. The molecule has 0 aliphatic carbocycles. The van der Waals surface area contributed by atoms with Gasteiger partial charge < -0.3 is 14.2 Å². The van der Waals surface area contributed by atoms with Gasteiger partial charge in [-0.2, -0.15) is 5.26 Å². The summed E-state index contributed by atoms with van der Waals surface area (Å²) >= 11 is 0. The maximum Gasteiger partial charge on any atom is 0.203 e. The molecular formula is C44H79NO3. The summed E-state index contributed by atoms with van der Waals surface area (Å²) in [5.41, 5.74) is 0.944. The van der Waals surface area contributed by atoms with Crippen molar-refractivity contribution in [2.24, 2.45) is 0 Å². The molecule has 1 aromatic rings. The molecular weight excluding hydrogens is 590 g/mol. The highest BCUT2D eigenvalue weighted by atomic mass is 16.5. The van der Waals surface area contributed by atoms with Crippen LogP contribution in [0.3, 0.4) is 0 Å². The van der Waals surface area contributed by atoms with Crippen molar-refractivity contribution in [3.8, 4) is 23.3 Å². The standard InChI is InChI=1S/C44H79NO3/c1-4-7-10-13-16-19-22-25-28-31-36-46-42-39-41(34-35-45)40-43(47-37-32-29-26-23-20-17-14-11-8-5-2)44(42)48-38-33-30-27-24-21-18-15-12-9-6-3/h39-40H,4-34,36-38H2,1-3H3. The molecule has 0 unspecified atom stereocenters. The monoisotopic (exact) mass is 670 g/mol. The van der Waals surface area contributed by atoms with Crippen LogP contribution in [-0.2, 0) is 6.42 Å². The van der Waals surface area contributed by atoms with E-state index in [1.165, 1.54) is 173 Å². The molecule has 0 aromatic heterocycles. The van der Waals surface area contributed by atoms with Crippen molar-refractivity contribution in [2.75, 3.05) is 19.8 Å². The van der Waals surface area contributed by atoms with Crippen LogP contribution in [0.1, 0.15) is 219 Å². The second-order valence-electron chi connectivity index (χ2n) is 14.3. The Bertz CT molecular complexity index is 816. The summed E-state index contributed by atoms with van der Waals surface area (Å²) in [5, 5.41) is 9.48. The lowest BCUT2D eigenvalue weighted by atomic mass is 10.1. The van der Waals surface area contributed by atoms with Gasteiger partial charge in [-0.05, 0) is 37.0 Å². The van der Waals surface area contributed by atoms with Crippen LogP contribution in [0.25, 0.3) is 0 Å². The van der Waals surface area contributed by atoms with Crippen molar-refractivity contribution >= 4 is 0 Å². The average Bonchev–Trinajstić information content (AvgIpc) is 3.09. The van der Waals surface area contributed by atoms with Gasteiger partial charge in [0.25, 0.3) is 0 Å². The fourth-order valence-corrected chi connectivity index (χ4v) is 6.49. The van der Waals surface area contributed by atoms with Gasteiger partial charge in [-0.15, -0.1) is 0 Å². The molecule has 0 saturated heterocycles. The molecule has 1 aromatic carbocycles. The van der Waals surface area contributed by atoms with E-state index in [9.17, 15) is 5.26 Å². The molecule has 0 aliphatic heterocycles. The minimum absolute atomic E-state index is 0.349. The number of unbranched alkanes of at least 4 members (excludes halogenated alkanes) is 27. The molecule has 0 radical (unpaired) electrons. The van der Waals surface area contributed by atoms with E-state index in [0.717, 1.165) is 42.1 Å². The van der Waals surface area contributed by atoms with E-state index in [0.29, 0.717) is 26.2 Å². The molecule has 0 atom stereocenters. The lowest BCUT2D eigenvalue weighted by molar-refractivity contribution is 0.234. The Morgan fingerprint density at radius 1 is 0.396 bits per heavy atom. The molecule has 4 heteroatoms. The van der Waals surface area contributed by atoms with E-state index >= 15 is 0 Å². The van der Waals surface area contributed by atoms with Crippen LogP contribution in [0.2, 0.25) is 0 Å². The number of rotatable bonds is 37. The fraction of sp³-hybridized carbons (Fsp3) is 0.841. The summed E-state index contributed by atoms with van der Waals surface area (Å²) < 4.78 is 19.2. The molecule has 48 heavy (non-hydrogen) atoms. The summed E-state index contributed by atoms with van der Waals surface area (Å²) in [5.74, 6) is 2.25. The summed E-state index contributed by atoms with van der Waals surface area (Å²) in [6.45, 7) is 8.88. The van der Waals surface area contributed by atoms with Crippen LogP contribution >= 0.6 is 0 Å². The molecule has 0 spiro atoms. The van der Waals surface area contributed by atoms with E-state index in [1.807, 2.05) is 12.1 Å². The first-order valence-corrected chi connectivity index (χ1v) is 21.2.